The van der Waals surface area contributed by atoms with E-state index in [1.807, 2.05) is 11.6 Å². The number of nitrogens with one attached hydrogen (secondary N) is 2. The third-order valence-corrected chi connectivity index (χ3v) is 4.22. The first-order chi connectivity index (χ1) is 9.36. The molecular formula is C12H13N5S2. The number of aromatic amines is 1. The van der Waals surface area contributed by atoms with Crippen LogP contribution in [0.1, 0.15) is 13.3 Å². The summed E-state index contributed by atoms with van der Waals surface area (Å²) in [5, 5.41) is 8.12. The van der Waals surface area contributed by atoms with E-state index < -0.39 is 0 Å². The average molecular weight is 291 g/mol. The molecule has 3 rings (SSSR count). The molecule has 0 aliphatic carbocycles. The highest BCUT2D eigenvalue weighted by Crippen LogP contribution is 2.32. The van der Waals surface area contributed by atoms with Crippen molar-refractivity contribution in [3.05, 3.63) is 23.8 Å². The van der Waals surface area contributed by atoms with Gasteiger partial charge in [0, 0.05) is 24.3 Å². The predicted octanol–water partition coefficient (Wildman–Crippen LogP) is 3.39. The number of thiophene rings is 1. The minimum atomic E-state index is 0.686. The van der Waals surface area contributed by atoms with Gasteiger partial charge in [-0.05, 0) is 29.6 Å². The van der Waals surface area contributed by atoms with Crippen molar-refractivity contribution in [2.45, 2.75) is 23.5 Å². The summed E-state index contributed by atoms with van der Waals surface area (Å²) in [5.41, 5.74) is 0. The van der Waals surface area contributed by atoms with Crippen LogP contribution in [0.15, 0.2) is 34.0 Å². The normalized spacial score (nSPS) is 11.0. The van der Waals surface area contributed by atoms with Crippen molar-refractivity contribution in [1.29, 1.82) is 0 Å². The van der Waals surface area contributed by atoms with Gasteiger partial charge in [-0.15, -0.1) is 11.3 Å². The Bertz CT molecular complexity index is 662. The van der Waals surface area contributed by atoms with Crippen LogP contribution < -0.4 is 5.32 Å². The molecule has 0 saturated carbocycles. The maximum atomic E-state index is 4.57. The number of fused-ring (bicyclic) bond motifs is 1. The zero-order chi connectivity index (χ0) is 13.1. The van der Waals surface area contributed by atoms with Gasteiger partial charge in [0.15, 0.2) is 5.16 Å². The lowest BCUT2D eigenvalue weighted by Crippen LogP contribution is -2.04. The molecule has 5 nitrogen and oxygen atoms in total. The molecule has 0 spiro atoms. The molecule has 2 N–H and O–H groups in total. The van der Waals surface area contributed by atoms with E-state index in [0.717, 1.165) is 33.4 Å². The van der Waals surface area contributed by atoms with Crippen LogP contribution in [0, 0.1) is 0 Å². The topological polar surface area (TPSA) is 66.5 Å². The molecule has 0 atom stereocenters. The van der Waals surface area contributed by atoms with Gasteiger partial charge in [-0.2, -0.15) is 0 Å². The molecule has 3 aromatic heterocycles. The quantitative estimate of drug-likeness (QED) is 0.705. The number of H-pyrrole nitrogens is 1. The van der Waals surface area contributed by atoms with E-state index in [9.17, 15) is 0 Å². The fourth-order valence-electron chi connectivity index (χ4n) is 1.62. The van der Waals surface area contributed by atoms with Gasteiger partial charge in [0.2, 0.25) is 5.95 Å². The fraction of sp³-hybridized carbons (Fsp3) is 0.250. The van der Waals surface area contributed by atoms with E-state index >= 15 is 0 Å². The molecule has 19 heavy (non-hydrogen) atoms. The molecule has 0 aliphatic rings. The second-order valence-electron chi connectivity index (χ2n) is 3.91. The van der Waals surface area contributed by atoms with Gasteiger partial charge in [0.05, 0.1) is 0 Å². The number of rotatable bonds is 5. The van der Waals surface area contributed by atoms with Crippen LogP contribution in [0.5, 0.6) is 0 Å². The van der Waals surface area contributed by atoms with Gasteiger partial charge in [0.1, 0.15) is 9.86 Å². The third kappa shape index (κ3) is 2.71. The molecule has 7 heteroatoms. The SMILES string of the molecule is CCCNc1nc(Sc2ncc[nH]2)c2ccsc2n1. The summed E-state index contributed by atoms with van der Waals surface area (Å²) in [6.07, 6.45) is 4.60. The number of imidazole rings is 1. The summed E-state index contributed by atoms with van der Waals surface area (Å²) in [4.78, 5) is 17.4. The van der Waals surface area contributed by atoms with E-state index in [1.54, 1.807) is 17.5 Å². The summed E-state index contributed by atoms with van der Waals surface area (Å²) < 4.78 is 0. The summed E-state index contributed by atoms with van der Waals surface area (Å²) in [6.45, 7) is 3.00. The van der Waals surface area contributed by atoms with Crippen LogP contribution in [0.3, 0.4) is 0 Å². The van der Waals surface area contributed by atoms with E-state index in [2.05, 4.69) is 38.2 Å². The largest absolute Gasteiger partial charge is 0.354 e. The molecule has 0 fully saturated rings. The van der Waals surface area contributed by atoms with E-state index in [4.69, 9.17) is 0 Å². The molecule has 0 radical (unpaired) electrons. The number of hydrogen-bond donors (Lipinski definition) is 2. The van der Waals surface area contributed by atoms with Gasteiger partial charge in [-0.1, -0.05) is 6.92 Å². The smallest absolute Gasteiger partial charge is 0.225 e. The van der Waals surface area contributed by atoms with Crippen molar-refractivity contribution in [2.24, 2.45) is 0 Å². The van der Waals surface area contributed by atoms with Crippen molar-refractivity contribution in [2.75, 3.05) is 11.9 Å². The molecule has 3 aromatic rings. The molecular weight excluding hydrogens is 278 g/mol. The Morgan fingerprint density at radius 3 is 3.16 bits per heavy atom. The minimum absolute atomic E-state index is 0.686. The van der Waals surface area contributed by atoms with Crippen LogP contribution in [0.2, 0.25) is 0 Å². The maximum Gasteiger partial charge on any atom is 0.225 e. The number of hydrogen-bond acceptors (Lipinski definition) is 6. The lowest BCUT2D eigenvalue weighted by atomic mass is 10.4. The van der Waals surface area contributed by atoms with Crippen LogP contribution in [0.25, 0.3) is 10.2 Å². The summed E-state index contributed by atoms with van der Waals surface area (Å²) in [5.74, 6) is 0.686. The predicted molar refractivity (Wildman–Crippen MR) is 78.9 cm³/mol. The highest BCUT2D eigenvalue weighted by atomic mass is 32.2. The Kier molecular flexibility index (Phi) is 3.65. The first-order valence-electron chi connectivity index (χ1n) is 6.03. The highest BCUT2D eigenvalue weighted by molar-refractivity contribution is 7.99. The molecule has 98 valence electrons. The monoisotopic (exact) mass is 291 g/mol. The lowest BCUT2D eigenvalue weighted by Gasteiger charge is -2.05. The van der Waals surface area contributed by atoms with E-state index in [1.165, 1.54) is 11.8 Å². The molecule has 0 aromatic carbocycles. The number of anilines is 1. The Morgan fingerprint density at radius 2 is 2.37 bits per heavy atom. The van der Waals surface area contributed by atoms with Crippen molar-refractivity contribution in [1.82, 2.24) is 19.9 Å². The Balaban J connectivity index is 1.97. The van der Waals surface area contributed by atoms with E-state index in [0.29, 0.717) is 5.95 Å². The molecule has 0 bridgehead atoms. The van der Waals surface area contributed by atoms with Gasteiger partial charge in [0.25, 0.3) is 0 Å². The molecule has 0 unspecified atom stereocenters. The lowest BCUT2D eigenvalue weighted by molar-refractivity contribution is 0.945. The second-order valence-corrected chi connectivity index (χ2v) is 5.79. The van der Waals surface area contributed by atoms with Crippen LogP contribution in [0.4, 0.5) is 5.95 Å². The van der Waals surface area contributed by atoms with Crippen molar-refractivity contribution >= 4 is 39.3 Å². The summed E-state index contributed by atoms with van der Waals surface area (Å²) >= 11 is 3.15. The van der Waals surface area contributed by atoms with Crippen LogP contribution >= 0.6 is 23.1 Å². The number of aromatic nitrogens is 4. The van der Waals surface area contributed by atoms with Crippen molar-refractivity contribution in [3.8, 4) is 0 Å². The van der Waals surface area contributed by atoms with Crippen LogP contribution in [-0.2, 0) is 0 Å². The standard InChI is InChI=1S/C12H13N5S2/c1-2-4-13-11-16-9-8(3-7-18-9)10(17-11)19-12-14-5-6-15-12/h3,5-7H,2,4H2,1H3,(H,14,15)(H,13,16,17). The summed E-state index contributed by atoms with van der Waals surface area (Å²) in [7, 11) is 0. The first-order valence-corrected chi connectivity index (χ1v) is 7.73. The zero-order valence-electron chi connectivity index (χ0n) is 10.4. The van der Waals surface area contributed by atoms with Gasteiger partial charge in [-0.3, -0.25) is 0 Å². The Morgan fingerprint density at radius 1 is 1.42 bits per heavy atom. The third-order valence-electron chi connectivity index (χ3n) is 2.49. The molecule has 0 amide bonds. The molecule has 0 saturated heterocycles. The van der Waals surface area contributed by atoms with Gasteiger partial charge < -0.3 is 10.3 Å². The van der Waals surface area contributed by atoms with Gasteiger partial charge in [-0.25, -0.2) is 15.0 Å². The first kappa shape index (κ1) is 12.4. The Hall–Kier alpha value is -1.60. The maximum absolute atomic E-state index is 4.57. The molecule has 3 heterocycles. The van der Waals surface area contributed by atoms with Crippen molar-refractivity contribution in [3.63, 3.8) is 0 Å². The average Bonchev–Trinajstić information content (AvgIpc) is 3.06. The fourth-order valence-corrected chi connectivity index (χ4v) is 3.28. The van der Waals surface area contributed by atoms with Crippen LogP contribution in [-0.4, -0.2) is 26.5 Å². The second kappa shape index (κ2) is 5.58. The highest BCUT2D eigenvalue weighted by Gasteiger charge is 2.11. The van der Waals surface area contributed by atoms with Gasteiger partial charge >= 0.3 is 0 Å². The number of nitrogens with zero attached hydrogens (tertiary/aromatic N) is 3. The van der Waals surface area contributed by atoms with E-state index in [-0.39, 0.29) is 0 Å². The Labute approximate surface area is 118 Å². The zero-order valence-corrected chi connectivity index (χ0v) is 12.0. The summed E-state index contributed by atoms with van der Waals surface area (Å²) in [6, 6.07) is 2.05. The van der Waals surface area contributed by atoms with Crippen molar-refractivity contribution < 1.29 is 0 Å². The molecule has 0 aliphatic heterocycles. The minimum Gasteiger partial charge on any atom is -0.354 e.